The average molecular weight is 574 g/mol. The smallest absolute Gasteiger partial charge is 0.381 e. The molecule has 0 spiro atoms. The normalized spacial score (nSPS) is 11.1. The minimum Gasteiger partial charge on any atom is -0.381 e. The molecule has 0 aliphatic rings. The van der Waals surface area contributed by atoms with Crippen molar-refractivity contribution in [2.45, 2.75) is 142 Å². The molecule has 0 radical (unpaired) electrons. The maximum atomic E-state index is 8.74. The Bertz CT molecular complexity index is 533. The van der Waals surface area contributed by atoms with Crippen LogP contribution < -0.4 is 29.6 Å². The summed E-state index contributed by atoms with van der Waals surface area (Å²) in [5, 5.41) is 0. The molecule has 0 atom stereocenters. The van der Waals surface area contributed by atoms with Crippen LogP contribution in [-0.4, -0.2) is 48.3 Å². The molecule has 0 fully saturated rings. The van der Waals surface area contributed by atoms with E-state index in [4.69, 9.17) is 39.8 Å². The van der Waals surface area contributed by atoms with Gasteiger partial charge in [-0.05, 0) is 12.8 Å². The third-order valence-electron chi connectivity index (χ3n) is 5.28. The number of rotatable bonds is 22. The van der Waals surface area contributed by atoms with E-state index in [1.165, 1.54) is 128 Å². The van der Waals surface area contributed by atoms with E-state index in [0.29, 0.717) is 0 Å². The van der Waals surface area contributed by atoms with Crippen LogP contribution in [0.2, 0.25) is 0 Å². The Morgan fingerprint density at radius 1 is 0.417 bits per heavy atom. The Hall–Kier alpha value is 0.700. The predicted molar refractivity (Wildman–Crippen MR) is 143 cm³/mol. The zero-order chi connectivity index (χ0) is 27.3. The third kappa shape index (κ3) is 76.5. The van der Waals surface area contributed by atoms with Gasteiger partial charge in [0.1, 0.15) is 0 Å². The second kappa shape index (κ2) is 33.7. The van der Waals surface area contributed by atoms with Crippen LogP contribution >= 0.6 is 0 Å². The molecule has 9 nitrogen and oxygen atoms in total. The van der Waals surface area contributed by atoms with Crippen molar-refractivity contribution in [2.24, 2.45) is 0 Å². The van der Waals surface area contributed by atoms with E-state index in [1.54, 1.807) is 0 Å². The van der Waals surface area contributed by atoms with E-state index in [1.807, 2.05) is 0 Å². The van der Waals surface area contributed by atoms with E-state index < -0.39 is 20.8 Å². The summed E-state index contributed by atoms with van der Waals surface area (Å²) >= 11 is 0. The molecule has 0 aliphatic heterocycles. The van der Waals surface area contributed by atoms with Gasteiger partial charge in [-0.25, -0.2) is 0 Å². The first-order valence-electron chi connectivity index (χ1n) is 13.4. The quantitative estimate of drug-likeness (QED) is 0.0828. The SMILES string of the molecule is CCCCCCCCCCCCOCCCCCCCCCCCC.O=S(=O)(O)O.O=S(=O)(O)O.[Na+]. The molecule has 4 N–H and O–H groups in total. The molecule has 0 bridgehead atoms. The van der Waals surface area contributed by atoms with Gasteiger partial charge in [-0.2, -0.15) is 16.8 Å². The van der Waals surface area contributed by atoms with Gasteiger partial charge in [-0.1, -0.05) is 129 Å². The molecule has 0 aromatic heterocycles. The van der Waals surface area contributed by atoms with Crippen LogP contribution in [0.1, 0.15) is 142 Å². The summed E-state index contributed by atoms with van der Waals surface area (Å²) in [5.41, 5.74) is 0. The minimum atomic E-state index is -4.67. The molecule has 0 rings (SSSR count). The molecule has 216 valence electrons. The predicted octanol–water partition coefficient (Wildman–Crippen LogP) is 4.54. The Balaban J connectivity index is -0.000000390. The second-order valence-electron chi connectivity index (χ2n) is 8.87. The van der Waals surface area contributed by atoms with Crippen LogP contribution in [0.4, 0.5) is 0 Å². The van der Waals surface area contributed by atoms with Crippen LogP contribution in [0.3, 0.4) is 0 Å². The van der Waals surface area contributed by atoms with Crippen molar-refractivity contribution < 1.29 is 69.3 Å². The van der Waals surface area contributed by atoms with E-state index in [0.717, 1.165) is 13.2 Å². The molecule has 0 saturated heterocycles. The van der Waals surface area contributed by atoms with E-state index in [9.17, 15) is 0 Å². The van der Waals surface area contributed by atoms with Gasteiger partial charge in [0.05, 0.1) is 0 Å². The molecular weight excluding hydrogens is 519 g/mol. The van der Waals surface area contributed by atoms with Gasteiger partial charge >= 0.3 is 50.4 Å². The summed E-state index contributed by atoms with van der Waals surface area (Å²) in [5.74, 6) is 0. The zero-order valence-electron chi connectivity index (χ0n) is 23.2. The second-order valence-corrected chi connectivity index (χ2v) is 10.7. The summed E-state index contributed by atoms with van der Waals surface area (Å²) in [7, 11) is -9.33. The third-order valence-corrected chi connectivity index (χ3v) is 5.28. The fraction of sp³-hybridized carbons (Fsp3) is 1.00. The standard InChI is InChI=1S/C24H50O.Na.2H2O4S/c1-3-5-7-9-11-13-15-17-19-21-23-25-24-22-20-18-16-14-12-10-8-6-4-2;;2*1-5(2,3)4/h3-24H2,1-2H3;;2*(H2,1,2,3,4)/q;+1;;. The first-order chi connectivity index (χ1) is 16.4. The number of unbranched alkanes of at least 4 members (excludes halogenated alkanes) is 18. The molecule has 0 unspecified atom stereocenters. The summed E-state index contributed by atoms with van der Waals surface area (Å²) in [4.78, 5) is 0. The first kappa shape index (κ1) is 43.7. The summed E-state index contributed by atoms with van der Waals surface area (Å²) in [6.45, 7) is 6.57. The van der Waals surface area contributed by atoms with Gasteiger partial charge in [0.2, 0.25) is 0 Å². The van der Waals surface area contributed by atoms with Crippen molar-refractivity contribution in [3.63, 3.8) is 0 Å². The molecular formula is C24H54NaO9S2+. The summed E-state index contributed by atoms with van der Waals surface area (Å²) in [6, 6.07) is 0. The molecule has 0 heterocycles. The number of hydrogen-bond acceptors (Lipinski definition) is 5. The Kier molecular flexibility index (Phi) is 41.0. The van der Waals surface area contributed by atoms with E-state index in [-0.39, 0.29) is 29.6 Å². The largest absolute Gasteiger partial charge is 1.00 e. The summed E-state index contributed by atoms with van der Waals surface area (Å²) < 4.78 is 68.9. The molecule has 0 aromatic carbocycles. The Morgan fingerprint density at radius 3 is 0.778 bits per heavy atom. The zero-order valence-corrected chi connectivity index (χ0v) is 26.8. The Morgan fingerprint density at radius 2 is 0.583 bits per heavy atom. The number of ether oxygens (including phenoxy) is 1. The van der Waals surface area contributed by atoms with Gasteiger partial charge < -0.3 is 4.74 Å². The van der Waals surface area contributed by atoms with Crippen molar-refractivity contribution in [1.29, 1.82) is 0 Å². The van der Waals surface area contributed by atoms with E-state index >= 15 is 0 Å². The van der Waals surface area contributed by atoms with Crippen molar-refractivity contribution in [1.82, 2.24) is 0 Å². The topological polar surface area (TPSA) is 158 Å². The molecule has 0 saturated carbocycles. The average Bonchev–Trinajstić information content (AvgIpc) is 2.72. The van der Waals surface area contributed by atoms with Crippen LogP contribution in [0.25, 0.3) is 0 Å². The maximum absolute atomic E-state index is 8.74. The minimum absolute atomic E-state index is 0. The van der Waals surface area contributed by atoms with Crippen LogP contribution in [0, 0.1) is 0 Å². The maximum Gasteiger partial charge on any atom is 1.00 e. The van der Waals surface area contributed by atoms with Gasteiger partial charge in [0, 0.05) is 13.2 Å². The van der Waals surface area contributed by atoms with Crippen LogP contribution in [0.5, 0.6) is 0 Å². The van der Waals surface area contributed by atoms with Gasteiger partial charge in [0.25, 0.3) is 0 Å². The first-order valence-corrected chi connectivity index (χ1v) is 16.2. The molecule has 36 heavy (non-hydrogen) atoms. The van der Waals surface area contributed by atoms with Crippen molar-refractivity contribution in [3.8, 4) is 0 Å². The Labute approximate surface area is 244 Å². The van der Waals surface area contributed by atoms with Crippen molar-refractivity contribution in [2.75, 3.05) is 13.2 Å². The van der Waals surface area contributed by atoms with Crippen molar-refractivity contribution >= 4 is 20.8 Å². The summed E-state index contributed by atoms with van der Waals surface area (Å²) in [6.07, 6.45) is 28.2. The molecule has 0 aliphatic carbocycles. The molecule has 12 heteroatoms. The van der Waals surface area contributed by atoms with Crippen LogP contribution in [-0.2, 0) is 25.5 Å². The van der Waals surface area contributed by atoms with Crippen molar-refractivity contribution in [3.05, 3.63) is 0 Å². The van der Waals surface area contributed by atoms with Crippen LogP contribution in [0.15, 0.2) is 0 Å². The van der Waals surface area contributed by atoms with E-state index in [2.05, 4.69) is 13.8 Å². The molecule has 0 aromatic rings. The van der Waals surface area contributed by atoms with Gasteiger partial charge in [0.15, 0.2) is 0 Å². The van der Waals surface area contributed by atoms with Gasteiger partial charge in [-0.3, -0.25) is 18.2 Å². The monoisotopic (exact) mass is 573 g/mol. The van der Waals surface area contributed by atoms with Gasteiger partial charge in [-0.15, -0.1) is 0 Å². The molecule has 0 amide bonds. The number of hydrogen-bond donors (Lipinski definition) is 4. The fourth-order valence-corrected chi connectivity index (χ4v) is 3.49. The fourth-order valence-electron chi connectivity index (χ4n) is 3.49.